The monoisotopic (exact) mass is 249 g/mol. The summed E-state index contributed by atoms with van der Waals surface area (Å²) in [6.45, 7) is 8.02. The van der Waals surface area contributed by atoms with Crippen LogP contribution in [0.1, 0.15) is 41.8 Å². The number of Topliss-reactive ketones (excluding diaryl/α,β-unsaturated/α-hetero) is 1. The molecule has 0 aliphatic heterocycles. The van der Waals surface area contributed by atoms with Gasteiger partial charge in [0.05, 0.1) is 12.7 Å². The third-order valence-corrected chi connectivity index (χ3v) is 3.46. The number of carbonyl (C=O) groups excluding carboxylic acids is 1. The van der Waals surface area contributed by atoms with Gasteiger partial charge < -0.3 is 10.5 Å². The number of hydrogen-bond acceptors (Lipinski definition) is 3. The predicted octanol–water partition coefficient (Wildman–Crippen LogP) is 2.87. The van der Waals surface area contributed by atoms with Gasteiger partial charge in [0.15, 0.2) is 5.78 Å². The summed E-state index contributed by atoms with van der Waals surface area (Å²) in [5.41, 5.74) is 8.73. The van der Waals surface area contributed by atoms with Crippen LogP contribution in [0.25, 0.3) is 0 Å². The summed E-state index contributed by atoms with van der Waals surface area (Å²) in [7, 11) is 1.60. The van der Waals surface area contributed by atoms with E-state index in [4.69, 9.17) is 10.5 Å². The lowest BCUT2D eigenvalue weighted by molar-refractivity contribution is 0.0964. The average Bonchev–Trinajstić information content (AvgIpc) is 2.31. The van der Waals surface area contributed by atoms with Crippen molar-refractivity contribution >= 4 is 5.78 Å². The van der Waals surface area contributed by atoms with E-state index in [9.17, 15) is 4.79 Å². The summed E-state index contributed by atoms with van der Waals surface area (Å²) < 4.78 is 5.36. The number of methoxy groups -OCH3 is 1. The average molecular weight is 249 g/mol. The van der Waals surface area contributed by atoms with Crippen LogP contribution >= 0.6 is 0 Å². The van der Waals surface area contributed by atoms with Gasteiger partial charge in [0.25, 0.3) is 0 Å². The highest BCUT2D eigenvalue weighted by Gasteiger charge is 2.19. The molecule has 0 amide bonds. The lowest BCUT2D eigenvalue weighted by Gasteiger charge is -2.17. The van der Waals surface area contributed by atoms with Crippen LogP contribution in [0.4, 0.5) is 0 Å². The van der Waals surface area contributed by atoms with E-state index in [1.807, 2.05) is 39.8 Å². The third kappa shape index (κ3) is 3.10. The van der Waals surface area contributed by atoms with Gasteiger partial charge >= 0.3 is 0 Å². The number of hydrogen-bond donors (Lipinski definition) is 1. The first-order valence-corrected chi connectivity index (χ1v) is 6.31. The van der Waals surface area contributed by atoms with Gasteiger partial charge in [-0.3, -0.25) is 4.79 Å². The molecule has 1 unspecified atom stereocenters. The molecule has 18 heavy (non-hydrogen) atoms. The fourth-order valence-corrected chi connectivity index (χ4v) is 1.83. The zero-order valence-electron chi connectivity index (χ0n) is 11.9. The number of nitrogens with two attached hydrogens (primary N) is 1. The van der Waals surface area contributed by atoms with Gasteiger partial charge in [-0.1, -0.05) is 19.9 Å². The highest BCUT2D eigenvalue weighted by atomic mass is 16.5. The molecule has 100 valence electrons. The molecular formula is C15H23NO2. The van der Waals surface area contributed by atoms with Crippen LogP contribution in [0.3, 0.4) is 0 Å². The second-order valence-corrected chi connectivity index (χ2v) is 5.12. The molecule has 1 atom stereocenters. The Morgan fingerprint density at radius 3 is 2.44 bits per heavy atom. The molecule has 3 nitrogen and oxygen atoms in total. The molecule has 1 rings (SSSR count). The van der Waals surface area contributed by atoms with Crippen LogP contribution in [0, 0.1) is 19.8 Å². The third-order valence-electron chi connectivity index (χ3n) is 3.46. The fourth-order valence-electron chi connectivity index (χ4n) is 1.83. The van der Waals surface area contributed by atoms with Crippen molar-refractivity contribution in [2.75, 3.05) is 7.11 Å². The van der Waals surface area contributed by atoms with Crippen LogP contribution < -0.4 is 10.5 Å². The zero-order valence-corrected chi connectivity index (χ0v) is 11.9. The molecule has 1 aromatic carbocycles. The highest BCUT2D eigenvalue weighted by Crippen LogP contribution is 2.27. The van der Waals surface area contributed by atoms with Gasteiger partial charge in [0, 0.05) is 12.5 Å². The van der Waals surface area contributed by atoms with Gasteiger partial charge in [-0.25, -0.2) is 0 Å². The second-order valence-electron chi connectivity index (χ2n) is 5.12. The molecule has 0 aliphatic carbocycles. The Bertz CT molecular complexity index is 438. The van der Waals surface area contributed by atoms with E-state index in [2.05, 4.69) is 0 Å². The minimum absolute atomic E-state index is 0.0520. The maximum Gasteiger partial charge on any atom is 0.168 e. The molecule has 1 aromatic rings. The first kappa shape index (κ1) is 14.7. The molecule has 0 spiro atoms. The van der Waals surface area contributed by atoms with Crippen LogP contribution in [0.15, 0.2) is 12.1 Å². The largest absolute Gasteiger partial charge is 0.496 e. The van der Waals surface area contributed by atoms with E-state index in [1.165, 1.54) is 0 Å². The molecule has 0 aromatic heterocycles. The quantitative estimate of drug-likeness (QED) is 0.816. The lowest BCUT2D eigenvalue weighted by Crippen LogP contribution is -2.29. The lowest BCUT2D eigenvalue weighted by atomic mass is 9.94. The zero-order chi connectivity index (χ0) is 13.9. The van der Waals surface area contributed by atoms with Gasteiger partial charge in [-0.05, 0) is 37.0 Å². The molecule has 0 bridgehead atoms. The van der Waals surface area contributed by atoms with Crippen molar-refractivity contribution in [3.8, 4) is 5.75 Å². The Morgan fingerprint density at radius 1 is 1.33 bits per heavy atom. The van der Waals surface area contributed by atoms with E-state index in [-0.39, 0.29) is 11.8 Å². The van der Waals surface area contributed by atoms with Crippen molar-refractivity contribution in [1.82, 2.24) is 0 Å². The van der Waals surface area contributed by atoms with Crippen molar-refractivity contribution < 1.29 is 9.53 Å². The van der Waals surface area contributed by atoms with Crippen molar-refractivity contribution in [3.63, 3.8) is 0 Å². The molecule has 3 heteroatoms. The summed E-state index contributed by atoms with van der Waals surface area (Å²) in [5, 5.41) is 0. The van der Waals surface area contributed by atoms with Gasteiger partial charge in [0.2, 0.25) is 0 Å². The normalized spacial score (nSPS) is 12.6. The summed E-state index contributed by atoms with van der Waals surface area (Å²) >= 11 is 0. The smallest absolute Gasteiger partial charge is 0.168 e. The van der Waals surface area contributed by atoms with Crippen molar-refractivity contribution in [1.29, 1.82) is 0 Å². The SMILES string of the molecule is COc1c(C(=O)CC(N)C(C)C)ccc(C)c1C. The molecule has 0 saturated heterocycles. The maximum absolute atomic E-state index is 12.2. The maximum atomic E-state index is 12.2. The molecule has 0 saturated carbocycles. The predicted molar refractivity (Wildman–Crippen MR) is 74.2 cm³/mol. The van der Waals surface area contributed by atoms with E-state index >= 15 is 0 Å². The van der Waals surface area contributed by atoms with Crippen LogP contribution in [-0.4, -0.2) is 18.9 Å². The Balaban J connectivity index is 3.03. The van der Waals surface area contributed by atoms with E-state index in [0.29, 0.717) is 23.7 Å². The van der Waals surface area contributed by atoms with Crippen molar-refractivity contribution in [2.24, 2.45) is 11.7 Å². The number of ketones is 1. The van der Waals surface area contributed by atoms with E-state index in [1.54, 1.807) is 7.11 Å². The first-order valence-electron chi connectivity index (χ1n) is 6.31. The Morgan fingerprint density at radius 2 is 1.94 bits per heavy atom. The van der Waals surface area contributed by atoms with Gasteiger partial charge in [-0.2, -0.15) is 0 Å². The summed E-state index contributed by atoms with van der Waals surface area (Å²) in [6.07, 6.45) is 0.358. The molecule has 0 radical (unpaired) electrons. The summed E-state index contributed by atoms with van der Waals surface area (Å²) in [4.78, 5) is 12.2. The Labute approximate surface area is 109 Å². The summed E-state index contributed by atoms with van der Waals surface area (Å²) in [6, 6.07) is 3.67. The second kappa shape index (κ2) is 6.01. The standard InChI is InChI=1S/C15H23NO2/c1-9(2)13(16)8-14(17)12-7-6-10(3)11(4)15(12)18-5/h6-7,9,13H,8,16H2,1-5H3. The van der Waals surface area contributed by atoms with Crippen molar-refractivity contribution in [3.05, 3.63) is 28.8 Å². The minimum Gasteiger partial charge on any atom is -0.496 e. The molecule has 0 fully saturated rings. The minimum atomic E-state index is -0.108. The van der Waals surface area contributed by atoms with Crippen LogP contribution in [-0.2, 0) is 0 Å². The number of ether oxygens (including phenoxy) is 1. The van der Waals surface area contributed by atoms with Gasteiger partial charge in [0.1, 0.15) is 5.75 Å². The number of rotatable bonds is 5. The molecule has 0 aliphatic rings. The van der Waals surface area contributed by atoms with E-state index in [0.717, 1.165) is 11.1 Å². The summed E-state index contributed by atoms with van der Waals surface area (Å²) in [5.74, 6) is 1.03. The first-order chi connectivity index (χ1) is 8.38. The van der Waals surface area contributed by atoms with Crippen LogP contribution in [0.2, 0.25) is 0 Å². The molecule has 0 heterocycles. The van der Waals surface area contributed by atoms with E-state index < -0.39 is 0 Å². The fraction of sp³-hybridized carbons (Fsp3) is 0.533. The Hall–Kier alpha value is -1.35. The Kier molecular flexibility index (Phi) is 4.91. The van der Waals surface area contributed by atoms with Crippen molar-refractivity contribution in [2.45, 2.75) is 40.2 Å². The van der Waals surface area contributed by atoms with Crippen LogP contribution in [0.5, 0.6) is 5.75 Å². The number of benzene rings is 1. The highest BCUT2D eigenvalue weighted by molar-refractivity contribution is 5.99. The van der Waals surface area contributed by atoms with Gasteiger partial charge in [-0.15, -0.1) is 0 Å². The number of carbonyl (C=O) groups is 1. The number of aryl methyl sites for hydroxylation is 1. The molecule has 2 N–H and O–H groups in total. The molecular weight excluding hydrogens is 226 g/mol. The topological polar surface area (TPSA) is 52.3 Å².